The molecule has 0 unspecified atom stereocenters. The lowest BCUT2D eigenvalue weighted by Crippen LogP contribution is -2.44. The molecule has 1 aliphatic rings. The molecular weight excluding hydrogens is 282 g/mol. The minimum absolute atomic E-state index is 0.00643. The number of benzene rings is 1. The van der Waals surface area contributed by atoms with Crippen molar-refractivity contribution in [1.29, 1.82) is 0 Å². The van der Waals surface area contributed by atoms with E-state index in [1.807, 2.05) is 30.3 Å². The molecule has 4 heteroatoms. The van der Waals surface area contributed by atoms with Gasteiger partial charge in [0.15, 0.2) is 0 Å². The predicted molar refractivity (Wildman–Crippen MR) is 84.4 cm³/mol. The van der Waals surface area contributed by atoms with E-state index in [1.165, 1.54) is 10.4 Å². The average Bonchev–Trinajstić information content (AvgIpc) is 2.95. The van der Waals surface area contributed by atoms with Crippen LogP contribution in [-0.4, -0.2) is 17.5 Å². The Labute approximate surface area is 129 Å². The Hall–Kier alpha value is -1.81. The lowest BCUT2D eigenvalue weighted by Gasteiger charge is -2.37. The minimum Gasteiger partial charge on any atom is -0.445 e. The second kappa shape index (κ2) is 5.53. The molecule has 110 valence electrons. The Morgan fingerprint density at radius 2 is 2.05 bits per heavy atom. The first kappa shape index (κ1) is 14.1. The number of amides is 1. The topological polar surface area (TPSA) is 29.5 Å². The molecule has 2 heterocycles. The number of carbonyl (C=O) groups excluding carboxylic acids is 1. The van der Waals surface area contributed by atoms with Crippen molar-refractivity contribution in [3.05, 3.63) is 57.8 Å². The maximum atomic E-state index is 12.3. The Morgan fingerprint density at radius 1 is 1.29 bits per heavy atom. The van der Waals surface area contributed by atoms with Crippen molar-refractivity contribution in [2.75, 3.05) is 6.54 Å². The highest BCUT2D eigenvalue weighted by atomic mass is 32.1. The molecule has 0 saturated heterocycles. The molecule has 3 rings (SSSR count). The van der Waals surface area contributed by atoms with Gasteiger partial charge in [-0.3, -0.25) is 0 Å². The highest BCUT2D eigenvalue weighted by Gasteiger charge is 2.35. The molecule has 0 saturated carbocycles. The van der Waals surface area contributed by atoms with Crippen LogP contribution in [0.25, 0.3) is 0 Å². The van der Waals surface area contributed by atoms with Crippen LogP contribution in [0.5, 0.6) is 0 Å². The highest BCUT2D eigenvalue weighted by Crippen LogP contribution is 2.37. The zero-order chi connectivity index (χ0) is 14.9. The Kier molecular flexibility index (Phi) is 3.72. The largest absolute Gasteiger partial charge is 0.445 e. The molecule has 2 aromatic rings. The Balaban J connectivity index is 1.67. The van der Waals surface area contributed by atoms with E-state index in [0.717, 1.165) is 5.56 Å². The fourth-order valence-electron chi connectivity index (χ4n) is 2.80. The average molecular weight is 301 g/mol. The normalized spacial score (nSPS) is 16.4. The van der Waals surface area contributed by atoms with Crippen LogP contribution in [-0.2, 0) is 23.3 Å². The van der Waals surface area contributed by atoms with E-state index in [1.54, 1.807) is 16.2 Å². The van der Waals surface area contributed by atoms with Crippen LogP contribution in [0.3, 0.4) is 0 Å². The molecule has 0 N–H and O–H groups in total. The second-order valence-electron chi connectivity index (χ2n) is 6.06. The molecule has 1 aromatic heterocycles. The molecule has 21 heavy (non-hydrogen) atoms. The molecule has 0 radical (unpaired) electrons. The number of rotatable bonds is 2. The van der Waals surface area contributed by atoms with E-state index in [4.69, 9.17) is 4.74 Å². The molecule has 0 aliphatic carbocycles. The smallest absolute Gasteiger partial charge is 0.410 e. The number of carbonyl (C=O) groups is 1. The summed E-state index contributed by atoms with van der Waals surface area (Å²) in [7, 11) is 0. The number of thiophene rings is 1. The van der Waals surface area contributed by atoms with Gasteiger partial charge in [0.25, 0.3) is 0 Å². The van der Waals surface area contributed by atoms with Crippen molar-refractivity contribution in [2.45, 2.75) is 32.4 Å². The van der Waals surface area contributed by atoms with Crippen LogP contribution in [0.1, 0.15) is 29.9 Å². The second-order valence-corrected chi connectivity index (χ2v) is 6.97. The number of hydrogen-bond acceptors (Lipinski definition) is 3. The van der Waals surface area contributed by atoms with Crippen molar-refractivity contribution in [1.82, 2.24) is 4.90 Å². The monoisotopic (exact) mass is 301 g/mol. The van der Waals surface area contributed by atoms with E-state index < -0.39 is 0 Å². The van der Waals surface area contributed by atoms with E-state index in [9.17, 15) is 4.79 Å². The van der Waals surface area contributed by atoms with Gasteiger partial charge in [-0.15, -0.1) is 11.3 Å². The first-order valence-electron chi connectivity index (χ1n) is 7.09. The summed E-state index contributed by atoms with van der Waals surface area (Å²) in [6.45, 7) is 6.04. The van der Waals surface area contributed by atoms with Gasteiger partial charge in [-0.05, 0) is 22.6 Å². The molecule has 1 amide bonds. The number of hydrogen-bond donors (Lipinski definition) is 0. The summed E-state index contributed by atoms with van der Waals surface area (Å²) in [5.41, 5.74) is 2.25. The van der Waals surface area contributed by atoms with E-state index in [0.29, 0.717) is 19.7 Å². The summed E-state index contributed by atoms with van der Waals surface area (Å²) in [5.74, 6) is 0. The van der Waals surface area contributed by atoms with E-state index in [2.05, 4.69) is 25.3 Å². The van der Waals surface area contributed by atoms with E-state index >= 15 is 0 Å². The fourth-order valence-corrected chi connectivity index (χ4v) is 3.84. The first-order chi connectivity index (χ1) is 10.1. The van der Waals surface area contributed by atoms with Crippen molar-refractivity contribution in [3.63, 3.8) is 0 Å². The summed E-state index contributed by atoms with van der Waals surface area (Å²) in [6, 6.07) is 11.9. The van der Waals surface area contributed by atoms with Crippen LogP contribution < -0.4 is 0 Å². The van der Waals surface area contributed by atoms with Gasteiger partial charge in [-0.1, -0.05) is 44.2 Å². The zero-order valence-electron chi connectivity index (χ0n) is 12.3. The van der Waals surface area contributed by atoms with Crippen molar-refractivity contribution in [2.24, 2.45) is 0 Å². The van der Waals surface area contributed by atoms with Crippen LogP contribution in [0.4, 0.5) is 4.79 Å². The summed E-state index contributed by atoms with van der Waals surface area (Å²) >= 11 is 1.78. The number of ether oxygens (including phenoxy) is 1. The molecule has 0 atom stereocenters. The van der Waals surface area contributed by atoms with Crippen LogP contribution in [0, 0.1) is 0 Å². The van der Waals surface area contributed by atoms with E-state index in [-0.39, 0.29) is 11.5 Å². The van der Waals surface area contributed by atoms with Gasteiger partial charge < -0.3 is 9.64 Å². The molecule has 0 spiro atoms. The highest BCUT2D eigenvalue weighted by molar-refractivity contribution is 7.10. The zero-order valence-corrected chi connectivity index (χ0v) is 13.2. The maximum Gasteiger partial charge on any atom is 0.410 e. The summed E-state index contributed by atoms with van der Waals surface area (Å²) in [5, 5.41) is 2.10. The van der Waals surface area contributed by atoms with Gasteiger partial charge in [0, 0.05) is 16.8 Å². The molecule has 1 aliphatic heterocycles. The standard InChI is InChI=1S/C17H19NO2S/c1-17(2)12-18(10-14-8-9-21-15(14)17)16(19)20-11-13-6-4-3-5-7-13/h3-9H,10-12H2,1-2H3. The van der Waals surface area contributed by atoms with Gasteiger partial charge in [0.2, 0.25) is 0 Å². The predicted octanol–water partition coefficient (Wildman–Crippen LogP) is 4.18. The number of nitrogens with zero attached hydrogens (tertiary/aromatic N) is 1. The van der Waals surface area contributed by atoms with Crippen LogP contribution in [0.15, 0.2) is 41.8 Å². The van der Waals surface area contributed by atoms with Gasteiger partial charge in [0.05, 0.1) is 6.54 Å². The maximum absolute atomic E-state index is 12.3. The molecule has 0 bridgehead atoms. The van der Waals surface area contributed by atoms with Crippen LogP contribution >= 0.6 is 11.3 Å². The summed E-state index contributed by atoms with van der Waals surface area (Å²) < 4.78 is 5.44. The van der Waals surface area contributed by atoms with Gasteiger partial charge in [-0.25, -0.2) is 4.79 Å². The third-order valence-corrected chi connectivity index (χ3v) is 5.09. The van der Waals surface area contributed by atoms with Gasteiger partial charge in [0.1, 0.15) is 6.61 Å². The van der Waals surface area contributed by atoms with Crippen molar-refractivity contribution in [3.8, 4) is 0 Å². The van der Waals surface area contributed by atoms with Gasteiger partial charge >= 0.3 is 6.09 Å². The SMILES string of the molecule is CC1(C)CN(C(=O)OCc2ccccc2)Cc2ccsc21. The Morgan fingerprint density at radius 3 is 2.81 bits per heavy atom. The quantitative estimate of drug-likeness (QED) is 0.833. The molecule has 3 nitrogen and oxygen atoms in total. The third kappa shape index (κ3) is 2.95. The fraction of sp³-hybridized carbons (Fsp3) is 0.353. The van der Waals surface area contributed by atoms with Gasteiger partial charge in [-0.2, -0.15) is 0 Å². The molecule has 0 fully saturated rings. The molecule has 1 aromatic carbocycles. The number of fused-ring (bicyclic) bond motifs is 1. The molecular formula is C17H19NO2S. The van der Waals surface area contributed by atoms with Crippen LogP contribution in [0.2, 0.25) is 0 Å². The van der Waals surface area contributed by atoms with Crippen molar-refractivity contribution >= 4 is 17.4 Å². The lowest BCUT2D eigenvalue weighted by atomic mass is 9.85. The Bertz CT molecular complexity index is 633. The summed E-state index contributed by atoms with van der Waals surface area (Å²) in [6.07, 6.45) is -0.233. The minimum atomic E-state index is -0.233. The van der Waals surface area contributed by atoms with Crippen molar-refractivity contribution < 1.29 is 9.53 Å². The first-order valence-corrected chi connectivity index (χ1v) is 7.97. The third-order valence-electron chi connectivity index (χ3n) is 3.77. The summed E-state index contributed by atoms with van der Waals surface area (Å²) in [4.78, 5) is 15.5. The lowest BCUT2D eigenvalue weighted by molar-refractivity contribution is 0.0825.